The molecule has 0 fully saturated rings. The fourth-order valence-electron chi connectivity index (χ4n) is 3.00. The Morgan fingerprint density at radius 3 is 2.52 bits per heavy atom. The van der Waals surface area contributed by atoms with E-state index in [9.17, 15) is 9.00 Å². The molecule has 31 heavy (non-hydrogen) atoms. The number of carbonyl (C=O) groups excluding carboxylic acids is 1. The molecule has 1 unspecified atom stereocenters. The van der Waals surface area contributed by atoms with Gasteiger partial charge in [0.05, 0.1) is 7.11 Å². The molecule has 2 aromatic carbocycles. The van der Waals surface area contributed by atoms with Crippen molar-refractivity contribution in [1.29, 1.82) is 0 Å². The molecule has 0 spiro atoms. The zero-order chi connectivity index (χ0) is 22.9. The van der Waals surface area contributed by atoms with Crippen molar-refractivity contribution in [2.24, 2.45) is 0 Å². The first-order chi connectivity index (χ1) is 14.6. The Kier molecular flexibility index (Phi) is 8.71. The van der Waals surface area contributed by atoms with Crippen LogP contribution in [0.1, 0.15) is 25.0 Å². The van der Waals surface area contributed by atoms with Gasteiger partial charge in [0.2, 0.25) is 5.91 Å². The maximum Gasteiger partial charge on any atom is 0.240 e. The topological polar surface area (TPSA) is 76.7 Å². The van der Waals surface area contributed by atoms with Gasteiger partial charge in [-0.1, -0.05) is 42.5 Å². The molecule has 0 saturated heterocycles. The third kappa shape index (κ3) is 8.47. The number of nitrogens with one attached hydrogen (secondary N) is 2. The highest BCUT2D eigenvalue weighted by atomic mass is 32.2. The van der Waals surface area contributed by atoms with Gasteiger partial charge in [-0.15, -0.1) is 0 Å². The molecule has 0 aliphatic rings. The van der Waals surface area contributed by atoms with Gasteiger partial charge in [-0.2, -0.15) is 0 Å². The smallest absolute Gasteiger partial charge is 0.240 e. The standard InChI is InChI=1S/C24H32N2O4S/c1-24(2,26-31(4,5)28)23(27)25-16-15-20-13-14-21(22(18-20)29-3)30-17-9-12-19-10-7-6-8-11-19/h6-14,18H,4,15-17H2,1-3,5H3,(H,25,27)(H,26,28)/b12-9+. The Morgan fingerprint density at radius 2 is 1.87 bits per heavy atom. The molecule has 1 amide bonds. The number of ether oxygens (including phenoxy) is 2. The predicted molar refractivity (Wildman–Crippen MR) is 129 cm³/mol. The average molecular weight is 445 g/mol. The number of benzene rings is 2. The summed E-state index contributed by atoms with van der Waals surface area (Å²) in [5, 5.41) is 2.87. The van der Waals surface area contributed by atoms with Crippen LogP contribution in [0.15, 0.2) is 54.6 Å². The Bertz CT molecular complexity index is 999. The van der Waals surface area contributed by atoms with Crippen LogP contribution >= 0.6 is 0 Å². The van der Waals surface area contributed by atoms with E-state index in [4.69, 9.17) is 9.47 Å². The average Bonchev–Trinajstić information content (AvgIpc) is 2.70. The second-order valence-electron chi connectivity index (χ2n) is 7.85. The molecular formula is C24H32N2O4S. The van der Waals surface area contributed by atoms with Crippen LogP contribution in [0.25, 0.3) is 6.08 Å². The lowest BCUT2D eigenvalue weighted by molar-refractivity contribution is -0.125. The summed E-state index contributed by atoms with van der Waals surface area (Å²) in [5.41, 5.74) is 1.15. The van der Waals surface area contributed by atoms with E-state index in [1.807, 2.05) is 60.7 Å². The van der Waals surface area contributed by atoms with Crippen LogP contribution in [0.4, 0.5) is 0 Å². The molecule has 0 aliphatic carbocycles. The SMILES string of the molecule is C=S(C)(=O)NC(C)(C)C(=O)NCCc1ccc(OC/C=C/c2ccccc2)c(OC)c1. The van der Waals surface area contributed by atoms with Gasteiger partial charge in [0.25, 0.3) is 0 Å². The zero-order valence-corrected chi connectivity index (χ0v) is 19.5. The molecule has 0 aromatic heterocycles. The molecule has 2 aromatic rings. The fourth-order valence-corrected chi connectivity index (χ4v) is 4.17. The van der Waals surface area contributed by atoms with Gasteiger partial charge in [-0.05, 0) is 55.5 Å². The summed E-state index contributed by atoms with van der Waals surface area (Å²) in [5.74, 6) is 4.61. The second-order valence-corrected chi connectivity index (χ2v) is 10.1. The highest BCUT2D eigenvalue weighted by molar-refractivity contribution is 7.97. The number of rotatable bonds is 11. The van der Waals surface area contributed by atoms with E-state index < -0.39 is 15.2 Å². The molecule has 0 aliphatic heterocycles. The summed E-state index contributed by atoms with van der Waals surface area (Å²) in [4.78, 5) is 12.4. The van der Waals surface area contributed by atoms with Crippen LogP contribution < -0.4 is 19.5 Å². The molecule has 0 saturated carbocycles. The maximum absolute atomic E-state index is 12.4. The van der Waals surface area contributed by atoms with E-state index in [0.29, 0.717) is 31.1 Å². The summed E-state index contributed by atoms with van der Waals surface area (Å²) in [6.07, 6.45) is 6.05. The monoisotopic (exact) mass is 444 g/mol. The van der Waals surface area contributed by atoms with E-state index in [2.05, 4.69) is 15.9 Å². The van der Waals surface area contributed by atoms with Crippen LogP contribution in [-0.2, 0) is 20.9 Å². The maximum atomic E-state index is 12.4. The summed E-state index contributed by atoms with van der Waals surface area (Å²) < 4.78 is 25.9. The van der Waals surface area contributed by atoms with Crippen molar-refractivity contribution in [2.75, 3.05) is 26.5 Å². The second kappa shape index (κ2) is 11.0. The lowest BCUT2D eigenvalue weighted by Crippen LogP contribution is -2.54. The molecule has 0 bridgehead atoms. The van der Waals surface area contributed by atoms with Crippen LogP contribution in [0.5, 0.6) is 11.5 Å². The quantitative estimate of drug-likeness (QED) is 0.522. The molecular weight excluding hydrogens is 412 g/mol. The minimum atomic E-state index is -2.49. The molecule has 2 rings (SSSR count). The Morgan fingerprint density at radius 1 is 1.16 bits per heavy atom. The van der Waals surface area contributed by atoms with E-state index in [1.54, 1.807) is 21.0 Å². The molecule has 2 N–H and O–H groups in total. The predicted octanol–water partition coefficient (Wildman–Crippen LogP) is 3.08. The first kappa shape index (κ1) is 24.5. The van der Waals surface area contributed by atoms with Crippen LogP contribution in [-0.4, -0.2) is 48.0 Å². The minimum absolute atomic E-state index is 0.233. The lowest BCUT2D eigenvalue weighted by atomic mass is 10.1. The van der Waals surface area contributed by atoms with Gasteiger partial charge in [-0.3, -0.25) is 9.00 Å². The first-order valence-corrected chi connectivity index (χ1v) is 12.1. The number of hydrogen-bond donors (Lipinski definition) is 2. The summed E-state index contributed by atoms with van der Waals surface area (Å²) in [6, 6.07) is 15.7. The van der Waals surface area contributed by atoms with Crippen LogP contribution in [0.2, 0.25) is 0 Å². The number of amides is 1. The highest BCUT2D eigenvalue weighted by Crippen LogP contribution is 2.28. The highest BCUT2D eigenvalue weighted by Gasteiger charge is 2.28. The molecule has 0 heterocycles. The van der Waals surface area contributed by atoms with Gasteiger partial charge < -0.3 is 14.8 Å². The fraction of sp³-hybridized carbons (Fsp3) is 0.333. The van der Waals surface area contributed by atoms with Crippen molar-refractivity contribution in [3.8, 4) is 11.5 Å². The number of hydrogen-bond acceptors (Lipinski definition) is 4. The van der Waals surface area contributed by atoms with Crippen molar-refractivity contribution in [3.63, 3.8) is 0 Å². The van der Waals surface area contributed by atoms with Gasteiger partial charge >= 0.3 is 0 Å². The minimum Gasteiger partial charge on any atom is -0.493 e. The van der Waals surface area contributed by atoms with E-state index in [-0.39, 0.29) is 5.91 Å². The van der Waals surface area contributed by atoms with Crippen molar-refractivity contribution in [2.45, 2.75) is 25.8 Å². The molecule has 6 nitrogen and oxygen atoms in total. The van der Waals surface area contributed by atoms with Gasteiger partial charge in [0.1, 0.15) is 12.1 Å². The van der Waals surface area contributed by atoms with Gasteiger partial charge in [0.15, 0.2) is 11.5 Å². The third-order valence-electron chi connectivity index (χ3n) is 4.41. The Labute approximate surface area is 185 Å². The van der Waals surface area contributed by atoms with Crippen molar-refractivity contribution in [3.05, 3.63) is 65.7 Å². The van der Waals surface area contributed by atoms with Gasteiger partial charge in [-0.25, -0.2) is 4.72 Å². The van der Waals surface area contributed by atoms with Gasteiger partial charge in [0, 0.05) is 22.5 Å². The van der Waals surface area contributed by atoms with E-state index in [0.717, 1.165) is 11.1 Å². The van der Waals surface area contributed by atoms with Crippen LogP contribution in [0, 0.1) is 0 Å². The van der Waals surface area contributed by atoms with E-state index >= 15 is 0 Å². The Hall–Kier alpha value is -2.77. The molecule has 0 radical (unpaired) electrons. The third-order valence-corrected chi connectivity index (χ3v) is 5.35. The van der Waals surface area contributed by atoms with Crippen LogP contribution in [0.3, 0.4) is 0 Å². The summed E-state index contributed by atoms with van der Waals surface area (Å²) in [6.45, 7) is 4.22. The zero-order valence-electron chi connectivity index (χ0n) is 18.6. The first-order valence-electron chi connectivity index (χ1n) is 10.0. The normalized spacial score (nSPS) is 13.5. The number of carbonyl (C=O) groups is 1. The molecule has 7 heteroatoms. The van der Waals surface area contributed by atoms with Crippen molar-refractivity contribution in [1.82, 2.24) is 10.0 Å². The summed E-state index contributed by atoms with van der Waals surface area (Å²) in [7, 11) is -0.889. The number of methoxy groups -OCH3 is 1. The van der Waals surface area contributed by atoms with Crippen molar-refractivity contribution < 1.29 is 18.5 Å². The largest absolute Gasteiger partial charge is 0.493 e. The Balaban J connectivity index is 1.88. The van der Waals surface area contributed by atoms with E-state index in [1.165, 1.54) is 6.26 Å². The molecule has 168 valence electrons. The van der Waals surface area contributed by atoms with Crippen molar-refractivity contribution >= 4 is 27.6 Å². The summed E-state index contributed by atoms with van der Waals surface area (Å²) >= 11 is 0. The lowest BCUT2D eigenvalue weighted by Gasteiger charge is -2.25. The molecule has 1 atom stereocenters.